The average molecular weight is 384 g/mol. The summed E-state index contributed by atoms with van der Waals surface area (Å²) in [5, 5.41) is 10.8. The molecule has 1 saturated heterocycles. The lowest BCUT2D eigenvalue weighted by Gasteiger charge is -2.28. The molecular formula is C18H20N6O2S. The topological polar surface area (TPSA) is 84.3 Å². The van der Waals surface area contributed by atoms with Crippen molar-refractivity contribution in [2.75, 3.05) is 41.8 Å². The van der Waals surface area contributed by atoms with Crippen LogP contribution in [0.15, 0.2) is 42.7 Å². The van der Waals surface area contributed by atoms with E-state index in [0.29, 0.717) is 10.0 Å². The molecule has 2 aromatic heterocycles. The maximum absolute atomic E-state index is 12.5. The van der Waals surface area contributed by atoms with Crippen LogP contribution in [0, 0.1) is 0 Å². The first-order chi connectivity index (χ1) is 13.2. The normalized spacial score (nSPS) is 14.2. The lowest BCUT2D eigenvalue weighted by atomic mass is 10.2. The van der Waals surface area contributed by atoms with Crippen molar-refractivity contribution in [3.05, 3.63) is 47.6 Å². The minimum atomic E-state index is -0.176. The van der Waals surface area contributed by atoms with Crippen LogP contribution in [-0.2, 0) is 11.8 Å². The predicted octanol–water partition coefficient (Wildman–Crippen LogP) is 2.71. The third-order valence-corrected chi connectivity index (χ3v) is 5.20. The smallest absolute Gasteiger partial charge is 0.267 e. The minimum Gasteiger partial charge on any atom is -0.378 e. The monoisotopic (exact) mass is 384 g/mol. The fourth-order valence-corrected chi connectivity index (χ4v) is 3.53. The second-order valence-corrected chi connectivity index (χ2v) is 7.13. The van der Waals surface area contributed by atoms with E-state index < -0.39 is 0 Å². The summed E-state index contributed by atoms with van der Waals surface area (Å²) in [4.78, 5) is 19.5. The number of rotatable bonds is 5. The molecular weight excluding hydrogens is 364 g/mol. The second-order valence-electron chi connectivity index (χ2n) is 6.10. The lowest BCUT2D eigenvalue weighted by molar-refractivity contribution is 0.103. The molecule has 2 N–H and O–H groups in total. The number of amides is 1. The SMILES string of the molecule is Cn1nccc1Nc1ncc(C(=O)Nc2ccc(N3CCOCC3)cc2)s1. The summed E-state index contributed by atoms with van der Waals surface area (Å²) in [5.74, 6) is 0.639. The van der Waals surface area contributed by atoms with Gasteiger partial charge in [0.05, 0.1) is 25.6 Å². The van der Waals surface area contributed by atoms with Crippen molar-refractivity contribution >= 4 is 39.6 Å². The number of aryl methyl sites for hydroxylation is 1. The van der Waals surface area contributed by atoms with Gasteiger partial charge in [-0.2, -0.15) is 5.10 Å². The Morgan fingerprint density at radius 3 is 2.67 bits per heavy atom. The van der Waals surface area contributed by atoms with Gasteiger partial charge >= 0.3 is 0 Å². The Kier molecular flexibility index (Phi) is 5.03. The summed E-state index contributed by atoms with van der Waals surface area (Å²) >= 11 is 1.30. The van der Waals surface area contributed by atoms with E-state index in [4.69, 9.17) is 4.74 Å². The molecule has 0 bridgehead atoms. The molecule has 0 atom stereocenters. The van der Waals surface area contributed by atoms with E-state index >= 15 is 0 Å². The zero-order chi connectivity index (χ0) is 18.6. The highest BCUT2D eigenvalue weighted by molar-refractivity contribution is 7.17. The number of morpholine rings is 1. The number of aromatic nitrogens is 3. The van der Waals surface area contributed by atoms with Crippen LogP contribution >= 0.6 is 11.3 Å². The van der Waals surface area contributed by atoms with Gasteiger partial charge < -0.3 is 20.3 Å². The van der Waals surface area contributed by atoms with Crippen LogP contribution in [0.25, 0.3) is 0 Å². The number of benzene rings is 1. The van der Waals surface area contributed by atoms with Crippen LogP contribution in [-0.4, -0.2) is 47.0 Å². The van der Waals surface area contributed by atoms with Crippen molar-refractivity contribution in [3.63, 3.8) is 0 Å². The third kappa shape index (κ3) is 4.09. The molecule has 1 aliphatic heterocycles. The van der Waals surface area contributed by atoms with E-state index in [1.54, 1.807) is 17.1 Å². The number of thiazole rings is 1. The summed E-state index contributed by atoms with van der Waals surface area (Å²) in [6.45, 7) is 3.27. The summed E-state index contributed by atoms with van der Waals surface area (Å²) < 4.78 is 7.08. The van der Waals surface area contributed by atoms with Crippen molar-refractivity contribution in [1.82, 2.24) is 14.8 Å². The largest absolute Gasteiger partial charge is 0.378 e. The average Bonchev–Trinajstić information content (AvgIpc) is 3.33. The Hall–Kier alpha value is -2.91. The molecule has 1 aliphatic rings. The van der Waals surface area contributed by atoms with Gasteiger partial charge in [-0.05, 0) is 24.3 Å². The van der Waals surface area contributed by atoms with Crippen molar-refractivity contribution in [3.8, 4) is 0 Å². The van der Waals surface area contributed by atoms with Gasteiger partial charge in [-0.3, -0.25) is 9.48 Å². The van der Waals surface area contributed by atoms with Crippen molar-refractivity contribution in [1.29, 1.82) is 0 Å². The molecule has 0 saturated carbocycles. The Labute approximate surface area is 160 Å². The summed E-state index contributed by atoms with van der Waals surface area (Å²) in [7, 11) is 1.84. The van der Waals surface area contributed by atoms with Crippen molar-refractivity contribution in [2.24, 2.45) is 7.05 Å². The van der Waals surface area contributed by atoms with Gasteiger partial charge in [-0.15, -0.1) is 0 Å². The highest BCUT2D eigenvalue weighted by Crippen LogP contribution is 2.24. The Morgan fingerprint density at radius 1 is 1.19 bits per heavy atom. The zero-order valence-corrected chi connectivity index (χ0v) is 15.7. The second kappa shape index (κ2) is 7.77. The fraction of sp³-hybridized carbons (Fsp3) is 0.278. The van der Waals surface area contributed by atoms with E-state index in [0.717, 1.165) is 43.5 Å². The number of nitrogens with zero attached hydrogens (tertiary/aromatic N) is 4. The first kappa shape index (κ1) is 17.5. The van der Waals surface area contributed by atoms with E-state index in [1.165, 1.54) is 11.3 Å². The predicted molar refractivity (Wildman–Crippen MR) is 106 cm³/mol. The molecule has 0 spiro atoms. The highest BCUT2D eigenvalue weighted by Gasteiger charge is 2.13. The Morgan fingerprint density at radius 2 is 1.96 bits per heavy atom. The minimum absolute atomic E-state index is 0.176. The molecule has 0 aliphatic carbocycles. The number of carbonyl (C=O) groups is 1. The number of carbonyl (C=O) groups excluding carboxylic acids is 1. The molecule has 1 aromatic carbocycles. The molecule has 4 rings (SSSR count). The molecule has 1 amide bonds. The molecule has 0 unspecified atom stereocenters. The first-order valence-electron chi connectivity index (χ1n) is 8.64. The van der Waals surface area contributed by atoms with Crippen LogP contribution in [0.4, 0.5) is 22.3 Å². The number of anilines is 4. The van der Waals surface area contributed by atoms with Crippen molar-refractivity contribution < 1.29 is 9.53 Å². The van der Waals surface area contributed by atoms with E-state index in [9.17, 15) is 4.79 Å². The Balaban J connectivity index is 1.38. The lowest BCUT2D eigenvalue weighted by Crippen LogP contribution is -2.36. The molecule has 3 aromatic rings. The van der Waals surface area contributed by atoms with Crippen LogP contribution in [0.1, 0.15) is 9.67 Å². The quantitative estimate of drug-likeness (QED) is 0.704. The molecule has 9 heteroatoms. The molecule has 8 nitrogen and oxygen atoms in total. The van der Waals surface area contributed by atoms with Gasteiger partial charge in [0.1, 0.15) is 10.7 Å². The van der Waals surface area contributed by atoms with Crippen LogP contribution in [0.2, 0.25) is 0 Å². The van der Waals surface area contributed by atoms with Crippen molar-refractivity contribution in [2.45, 2.75) is 0 Å². The maximum Gasteiger partial charge on any atom is 0.267 e. The molecule has 27 heavy (non-hydrogen) atoms. The van der Waals surface area contributed by atoms with E-state index in [-0.39, 0.29) is 5.91 Å². The molecule has 140 valence electrons. The maximum atomic E-state index is 12.5. The van der Waals surface area contributed by atoms with E-state index in [2.05, 4.69) is 25.6 Å². The number of nitrogens with one attached hydrogen (secondary N) is 2. The summed E-state index contributed by atoms with van der Waals surface area (Å²) in [5.41, 5.74) is 1.89. The third-order valence-electron chi connectivity index (χ3n) is 4.29. The standard InChI is InChI=1S/C18H20N6O2S/c1-23-16(6-7-20-23)22-18-19-12-15(27-18)17(25)21-13-2-4-14(5-3-13)24-8-10-26-11-9-24/h2-7,12H,8-11H2,1H3,(H,19,22)(H,21,25). The summed E-state index contributed by atoms with van der Waals surface area (Å²) in [6, 6.07) is 9.71. The van der Waals surface area contributed by atoms with Crippen LogP contribution < -0.4 is 15.5 Å². The number of ether oxygens (including phenoxy) is 1. The molecule has 0 radical (unpaired) electrons. The van der Waals surface area contributed by atoms with E-state index in [1.807, 2.05) is 37.4 Å². The van der Waals surface area contributed by atoms with Gasteiger partial charge in [-0.1, -0.05) is 11.3 Å². The molecule has 1 fully saturated rings. The van der Waals surface area contributed by atoms with Gasteiger partial charge in [-0.25, -0.2) is 4.98 Å². The molecule has 3 heterocycles. The number of hydrogen-bond acceptors (Lipinski definition) is 7. The summed E-state index contributed by atoms with van der Waals surface area (Å²) in [6.07, 6.45) is 3.27. The zero-order valence-electron chi connectivity index (χ0n) is 14.9. The number of hydrogen-bond donors (Lipinski definition) is 2. The van der Waals surface area contributed by atoms with Crippen LogP contribution in [0.3, 0.4) is 0 Å². The van der Waals surface area contributed by atoms with Gasteiger partial charge in [0.2, 0.25) is 0 Å². The van der Waals surface area contributed by atoms with Gasteiger partial charge in [0.25, 0.3) is 5.91 Å². The van der Waals surface area contributed by atoms with Gasteiger partial charge in [0.15, 0.2) is 5.13 Å². The van der Waals surface area contributed by atoms with Gasteiger partial charge in [0, 0.05) is 37.6 Å². The fourth-order valence-electron chi connectivity index (χ4n) is 2.81. The first-order valence-corrected chi connectivity index (χ1v) is 9.46. The highest BCUT2D eigenvalue weighted by atomic mass is 32.1. The Bertz CT molecular complexity index is 914. The van der Waals surface area contributed by atoms with Crippen LogP contribution in [0.5, 0.6) is 0 Å².